The summed E-state index contributed by atoms with van der Waals surface area (Å²) in [5.41, 5.74) is 6.00. The average Bonchev–Trinajstić information content (AvgIpc) is 3.89. The van der Waals surface area contributed by atoms with Gasteiger partial charge in [-0.2, -0.15) is 0 Å². The summed E-state index contributed by atoms with van der Waals surface area (Å²) in [5, 5.41) is 2.96. The van der Waals surface area contributed by atoms with Crippen molar-refractivity contribution in [3.8, 4) is 0 Å². The first-order valence-corrected chi connectivity index (χ1v) is 18.3. The van der Waals surface area contributed by atoms with Crippen molar-refractivity contribution in [3.05, 3.63) is 137 Å². The molecule has 0 aromatic heterocycles. The maximum atomic E-state index is 13.4. The van der Waals surface area contributed by atoms with Crippen LogP contribution in [0.5, 0.6) is 0 Å². The molecule has 1 aliphatic carbocycles. The number of hydrogen-bond acceptors (Lipinski definition) is 7. The third-order valence-corrected chi connectivity index (χ3v) is 10.5. The monoisotopic (exact) mass is 713 g/mol. The number of nitrogens with zero attached hydrogens (tertiary/aromatic N) is 2. The summed E-state index contributed by atoms with van der Waals surface area (Å²) >= 11 is 0. The van der Waals surface area contributed by atoms with Crippen LogP contribution in [0.2, 0.25) is 0 Å². The van der Waals surface area contributed by atoms with Gasteiger partial charge in [0, 0.05) is 37.5 Å². The molecule has 53 heavy (non-hydrogen) atoms. The maximum Gasteiger partial charge on any atom is 0.410 e. The van der Waals surface area contributed by atoms with Crippen LogP contribution >= 0.6 is 0 Å². The molecular weight excluding hydrogens is 670 g/mol. The molecule has 0 radical (unpaired) electrons. The van der Waals surface area contributed by atoms with Crippen LogP contribution in [0, 0.1) is 0 Å². The predicted molar refractivity (Wildman–Crippen MR) is 198 cm³/mol. The number of ether oxygens (including phenoxy) is 2. The van der Waals surface area contributed by atoms with Gasteiger partial charge in [-0.1, -0.05) is 91.0 Å². The fraction of sp³-hybridized carbons (Fsp3) is 0.326. The summed E-state index contributed by atoms with van der Waals surface area (Å²) in [5.74, 6) is -0.530. The standard InChI is InChI=1S/C43H43N3O7/c47-39-26-34-24-35(44-41(49)38-14-8-22-46(38)43(51)53-28-31-11-5-2-6-12-31)20-19-33(34)25-36(39)32-17-15-29(16-18-32)23-40(48)37-13-7-21-45(37)42(50)52-27-30-9-3-1-4-10-30/h1-6,9-12,15-20,24,36-38H,7-8,13-14,21-23,25-28H2,(H,44,49)/t36?,37-,38-/m0/s1. The number of carbonyl (C=O) groups excluding carboxylic acids is 5. The number of Topliss-reactive ketones (excluding diaryl/α,β-unsaturated/α-hetero) is 2. The van der Waals surface area contributed by atoms with E-state index < -0.39 is 24.3 Å². The van der Waals surface area contributed by atoms with Gasteiger partial charge in [-0.15, -0.1) is 0 Å². The number of anilines is 1. The first kappa shape index (κ1) is 35.6. The number of rotatable bonds is 10. The zero-order valence-electron chi connectivity index (χ0n) is 29.6. The summed E-state index contributed by atoms with van der Waals surface area (Å²) in [4.78, 5) is 68.7. The Kier molecular flexibility index (Phi) is 10.9. The third-order valence-electron chi connectivity index (χ3n) is 10.5. The second-order valence-corrected chi connectivity index (χ2v) is 14.0. The summed E-state index contributed by atoms with van der Waals surface area (Å²) in [7, 11) is 0. The Morgan fingerprint density at radius 1 is 0.660 bits per heavy atom. The molecule has 0 spiro atoms. The number of amides is 3. The highest BCUT2D eigenvalue weighted by Gasteiger charge is 2.37. The van der Waals surface area contributed by atoms with Gasteiger partial charge in [-0.25, -0.2) is 9.59 Å². The Morgan fingerprint density at radius 2 is 1.25 bits per heavy atom. The fourth-order valence-corrected chi connectivity index (χ4v) is 7.61. The van der Waals surface area contributed by atoms with E-state index in [0.29, 0.717) is 44.5 Å². The van der Waals surface area contributed by atoms with Crippen molar-refractivity contribution in [2.45, 2.75) is 76.2 Å². The van der Waals surface area contributed by atoms with Gasteiger partial charge in [0.15, 0.2) is 5.78 Å². The van der Waals surface area contributed by atoms with E-state index in [1.54, 1.807) is 4.90 Å². The Hall–Kier alpha value is -5.77. The molecule has 1 unspecified atom stereocenters. The smallest absolute Gasteiger partial charge is 0.410 e. The SMILES string of the molecule is O=C1Cc2cc(NC(=O)[C@@H]3CCCN3C(=O)OCc3ccccc3)ccc2CC1c1ccc(CC(=O)[C@@H]2CCCN2C(=O)OCc2ccccc2)cc1. The summed E-state index contributed by atoms with van der Waals surface area (Å²) in [6, 6.07) is 31.0. The molecule has 0 saturated carbocycles. The number of ketones is 2. The van der Waals surface area contributed by atoms with E-state index in [4.69, 9.17) is 9.47 Å². The van der Waals surface area contributed by atoms with Crippen LogP contribution in [0.1, 0.15) is 65.0 Å². The predicted octanol–water partition coefficient (Wildman–Crippen LogP) is 6.79. The zero-order chi connectivity index (χ0) is 36.7. The van der Waals surface area contributed by atoms with E-state index in [0.717, 1.165) is 39.8 Å². The van der Waals surface area contributed by atoms with E-state index in [-0.39, 0.29) is 49.4 Å². The number of nitrogens with one attached hydrogen (secondary N) is 1. The first-order valence-electron chi connectivity index (χ1n) is 18.3. The van der Waals surface area contributed by atoms with Crippen molar-refractivity contribution in [1.29, 1.82) is 0 Å². The second kappa shape index (κ2) is 16.3. The van der Waals surface area contributed by atoms with Gasteiger partial charge in [0.1, 0.15) is 25.0 Å². The van der Waals surface area contributed by atoms with Crippen molar-refractivity contribution in [2.24, 2.45) is 0 Å². The van der Waals surface area contributed by atoms with E-state index >= 15 is 0 Å². The molecule has 10 heteroatoms. The Labute approximate surface area is 309 Å². The highest BCUT2D eigenvalue weighted by Crippen LogP contribution is 2.33. The number of likely N-dealkylation sites (tertiary alicyclic amines) is 2. The molecule has 3 aliphatic rings. The van der Waals surface area contributed by atoms with Crippen molar-refractivity contribution < 1.29 is 33.4 Å². The van der Waals surface area contributed by atoms with Crippen LogP contribution in [-0.2, 0) is 56.3 Å². The van der Waals surface area contributed by atoms with Crippen LogP contribution in [0.25, 0.3) is 0 Å². The lowest BCUT2D eigenvalue weighted by Gasteiger charge is -2.26. The highest BCUT2D eigenvalue weighted by atomic mass is 16.6. The molecule has 2 saturated heterocycles. The molecular formula is C43H43N3O7. The van der Waals surface area contributed by atoms with Crippen LogP contribution in [0.4, 0.5) is 15.3 Å². The number of carbonyl (C=O) groups is 5. The first-order chi connectivity index (χ1) is 25.8. The molecule has 2 fully saturated rings. The quantitative estimate of drug-likeness (QED) is 0.192. The van der Waals surface area contributed by atoms with E-state index in [9.17, 15) is 24.0 Å². The molecule has 2 heterocycles. The molecule has 7 rings (SSSR count). The third kappa shape index (κ3) is 8.49. The van der Waals surface area contributed by atoms with E-state index in [1.165, 1.54) is 4.90 Å². The van der Waals surface area contributed by atoms with Crippen LogP contribution in [0.3, 0.4) is 0 Å². The van der Waals surface area contributed by atoms with E-state index in [2.05, 4.69) is 5.32 Å². The number of hydrogen-bond donors (Lipinski definition) is 1. The number of benzene rings is 4. The average molecular weight is 714 g/mol. The molecule has 0 bridgehead atoms. The molecule has 4 aromatic rings. The normalized spacial score (nSPS) is 19.4. The largest absolute Gasteiger partial charge is 0.445 e. The molecule has 1 N–H and O–H groups in total. The Bertz CT molecular complexity index is 1970. The van der Waals surface area contributed by atoms with Crippen LogP contribution in [0.15, 0.2) is 103 Å². The Morgan fingerprint density at radius 3 is 1.87 bits per heavy atom. The summed E-state index contributed by atoms with van der Waals surface area (Å²) in [6.07, 6.45) is 2.61. The fourth-order valence-electron chi connectivity index (χ4n) is 7.61. The van der Waals surface area contributed by atoms with Gasteiger partial charge in [0.25, 0.3) is 0 Å². The minimum Gasteiger partial charge on any atom is -0.445 e. The van der Waals surface area contributed by atoms with Gasteiger partial charge in [-0.3, -0.25) is 24.2 Å². The lowest BCUT2D eigenvalue weighted by Crippen LogP contribution is -2.43. The molecule has 4 aromatic carbocycles. The zero-order valence-corrected chi connectivity index (χ0v) is 29.6. The topological polar surface area (TPSA) is 122 Å². The van der Waals surface area contributed by atoms with Crippen LogP contribution in [-0.4, -0.2) is 64.6 Å². The van der Waals surface area contributed by atoms with Gasteiger partial charge in [0.2, 0.25) is 5.91 Å². The van der Waals surface area contributed by atoms with Crippen molar-refractivity contribution >= 4 is 35.3 Å². The minimum atomic E-state index is -0.628. The lowest BCUT2D eigenvalue weighted by molar-refractivity contribution is -0.122. The van der Waals surface area contributed by atoms with Crippen LogP contribution < -0.4 is 5.32 Å². The summed E-state index contributed by atoms with van der Waals surface area (Å²) in [6.45, 7) is 1.25. The van der Waals surface area contributed by atoms with E-state index in [1.807, 2.05) is 103 Å². The van der Waals surface area contributed by atoms with Crippen molar-refractivity contribution in [1.82, 2.24) is 9.80 Å². The minimum absolute atomic E-state index is 0.0268. The van der Waals surface area contributed by atoms with Gasteiger partial charge in [-0.05, 0) is 77.6 Å². The van der Waals surface area contributed by atoms with Gasteiger partial charge < -0.3 is 14.8 Å². The Balaban J connectivity index is 0.919. The second-order valence-electron chi connectivity index (χ2n) is 14.0. The highest BCUT2D eigenvalue weighted by molar-refractivity contribution is 5.97. The molecule has 10 nitrogen and oxygen atoms in total. The molecule has 272 valence electrons. The molecule has 3 amide bonds. The maximum absolute atomic E-state index is 13.4. The van der Waals surface area contributed by atoms with Crippen molar-refractivity contribution in [3.63, 3.8) is 0 Å². The molecule has 2 aliphatic heterocycles. The lowest BCUT2D eigenvalue weighted by atomic mass is 9.79. The molecule has 3 atom stereocenters. The van der Waals surface area contributed by atoms with Crippen molar-refractivity contribution in [2.75, 3.05) is 18.4 Å². The van der Waals surface area contributed by atoms with Gasteiger partial charge >= 0.3 is 12.2 Å². The summed E-state index contributed by atoms with van der Waals surface area (Å²) < 4.78 is 11.0. The number of fused-ring (bicyclic) bond motifs is 1. The van der Waals surface area contributed by atoms with Gasteiger partial charge in [0.05, 0.1) is 6.04 Å².